The molecule has 0 aliphatic heterocycles. The number of amides is 1. The summed E-state index contributed by atoms with van der Waals surface area (Å²) >= 11 is 0. The topological polar surface area (TPSA) is 102 Å². The third-order valence-corrected chi connectivity index (χ3v) is 8.27. The first-order chi connectivity index (χ1) is 16.3. The van der Waals surface area contributed by atoms with Gasteiger partial charge in [0.2, 0.25) is 5.91 Å². The largest absolute Gasteiger partial charge is 0.351 e. The molecule has 2 aromatic rings. The van der Waals surface area contributed by atoms with Crippen LogP contribution in [0.25, 0.3) is 11.2 Å². The van der Waals surface area contributed by atoms with Crippen molar-refractivity contribution in [3.63, 3.8) is 0 Å². The van der Waals surface area contributed by atoms with Gasteiger partial charge in [-0.1, -0.05) is 27.2 Å². The van der Waals surface area contributed by atoms with E-state index in [9.17, 15) is 14.4 Å². The lowest BCUT2D eigenvalue weighted by atomic mass is 9.53. The van der Waals surface area contributed by atoms with Crippen LogP contribution in [-0.4, -0.2) is 30.5 Å². The predicted octanol–water partition coefficient (Wildman–Crippen LogP) is 3.36. The lowest BCUT2D eigenvalue weighted by molar-refractivity contribution is -0.126. The Balaban J connectivity index is 1.38. The Kier molecular flexibility index (Phi) is 6.19. The quantitative estimate of drug-likeness (QED) is 0.588. The zero-order valence-corrected chi connectivity index (χ0v) is 20.9. The van der Waals surface area contributed by atoms with Gasteiger partial charge in [-0.2, -0.15) is 0 Å². The van der Waals surface area contributed by atoms with Gasteiger partial charge in [0.05, 0.1) is 0 Å². The van der Waals surface area contributed by atoms with Crippen LogP contribution in [0.3, 0.4) is 0 Å². The highest BCUT2D eigenvalue weighted by Gasteiger charge is 2.51. The number of nitrogens with zero attached hydrogens (tertiary/aromatic N) is 3. The molecule has 34 heavy (non-hydrogen) atoms. The fourth-order valence-corrected chi connectivity index (χ4v) is 7.34. The normalized spacial score (nSPS) is 27.7. The maximum Gasteiger partial charge on any atom is 0.330 e. The van der Waals surface area contributed by atoms with Crippen LogP contribution in [0.2, 0.25) is 0 Å². The van der Waals surface area contributed by atoms with E-state index in [4.69, 9.17) is 4.98 Å². The number of H-pyrrole nitrogens is 1. The molecule has 0 aromatic carbocycles. The molecule has 0 spiro atoms. The highest BCUT2D eigenvalue weighted by Crippen LogP contribution is 2.55. The molecule has 2 aromatic heterocycles. The molecule has 4 bridgehead atoms. The van der Waals surface area contributed by atoms with E-state index in [-0.39, 0.29) is 11.4 Å². The van der Waals surface area contributed by atoms with E-state index in [1.165, 1.54) is 19.3 Å². The monoisotopic (exact) mass is 469 g/mol. The fourth-order valence-electron chi connectivity index (χ4n) is 7.34. The maximum atomic E-state index is 13.1. The number of carbonyl (C=O) groups is 1. The zero-order chi connectivity index (χ0) is 24.0. The average molecular weight is 470 g/mol. The summed E-state index contributed by atoms with van der Waals surface area (Å²) < 4.78 is 3.51. The standard InChI is InChI=1S/C26H39N5O3/c1-4-5-8-30-23-22(24(33)28-25(30)34)31(15-16(2)3)20(27-23)6-7-21(32)29-26-12-17-9-18(13-26)11-19(10-17)14-26/h16-19H,4-15H2,1-3H3,(H,29,32)(H,28,33,34). The van der Waals surface area contributed by atoms with Gasteiger partial charge in [0, 0.05) is 31.5 Å². The van der Waals surface area contributed by atoms with Gasteiger partial charge in [0.25, 0.3) is 5.56 Å². The molecule has 0 radical (unpaired) electrons. The Morgan fingerprint density at radius 1 is 1.12 bits per heavy atom. The Labute approximate surface area is 200 Å². The Morgan fingerprint density at radius 2 is 1.76 bits per heavy atom. The van der Waals surface area contributed by atoms with Crippen molar-refractivity contribution >= 4 is 17.1 Å². The maximum absolute atomic E-state index is 13.1. The summed E-state index contributed by atoms with van der Waals surface area (Å²) in [5.74, 6) is 3.45. The number of imidazole rings is 1. The second kappa shape index (κ2) is 9.00. The summed E-state index contributed by atoms with van der Waals surface area (Å²) in [6.07, 6.45) is 10.0. The number of aromatic amines is 1. The molecule has 4 aliphatic carbocycles. The second-order valence-electron chi connectivity index (χ2n) is 11.7. The van der Waals surface area contributed by atoms with Gasteiger partial charge in [-0.3, -0.25) is 19.1 Å². The highest BCUT2D eigenvalue weighted by atomic mass is 16.2. The number of unbranched alkanes of at least 4 members (excludes halogenated alkanes) is 1. The molecule has 8 nitrogen and oxygen atoms in total. The minimum atomic E-state index is -0.411. The van der Waals surface area contributed by atoms with Crippen LogP contribution in [0.1, 0.15) is 84.4 Å². The summed E-state index contributed by atoms with van der Waals surface area (Å²) in [6.45, 7) is 7.40. The van der Waals surface area contributed by atoms with E-state index in [0.717, 1.165) is 49.9 Å². The molecule has 186 valence electrons. The number of aryl methyl sites for hydroxylation is 2. The average Bonchev–Trinajstić information content (AvgIpc) is 3.08. The van der Waals surface area contributed by atoms with E-state index >= 15 is 0 Å². The first-order valence-electron chi connectivity index (χ1n) is 13.3. The van der Waals surface area contributed by atoms with E-state index in [1.54, 1.807) is 4.57 Å². The highest BCUT2D eigenvalue weighted by molar-refractivity contribution is 5.77. The number of nitrogens with one attached hydrogen (secondary N) is 2. The second-order valence-corrected chi connectivity index (χ2v) is 11.7. The molecule has 0 atom stereocenters. The van der Waals surface area contributed by atoms with Crippen LogP contribution in [0.5, 0.6) is 0 Å². The summed E-state index contributed by atoms with van der Waals surface area (Å²) in [7, 11) is 0. The van der Waals surface area contributed by atoms with Crippen molar-refractivity contribution in [1.29, 1.82) is 0 Å². The predicted molar refractivity (Wildman–Crippen MR) is 132 cm³/mol. The summed E-state index contributed by atoms with van der Waals surface area (Å²) in [4.78, 5) is 45.7. The van der Waals surface area contributed by atoms with Gasteiger partial charge in [-0.25, -0.2) is 9.78 Å². The number of rotatable bonds is 9. The Hall–Kier alpha value is -2.38. The fraction of sp³-hybridized carbons (Fsp3) is 0.769. The molecule has 4 fully saturated rings. The van der Waals surface area contributed by atoms with E-state index in [0.29, 0.717) is 48.8 Å². The summed E-state index contributed by atoms with van der Waals surface area (Å²) in [5, 5.41) is 3.45. The van der Waals surface area contributed by atoms with E-state index < -0.39 is 11.2 Å². The molecule has 2 N–H and O–H groups in total. The zero-order valence-electron chi connectivity index (χ0n) is 20.9. The van der Waals surface area contributed by atoms with Crippen LogP contribution >= 0.6 is 0 Å². The Morgan fingerprint density at radius 3 is 2.35 bits per heavy atom. The third kappa shape index (κ3) is 4.36. The van der Waals surface area contributed by atoms with Crippen molar-refractivity contribution in [2.45, 2.75) is 104 Å². The Bertz CT molecular complexity index is 1150. The molecular formula is C26H39N5O3. The summed E-state index contributed by atoms with van der Waals surface area (Å²) in [6, 6.07) is 0. The van der Waals surface area contributed by atoms with E-state index in [1.807, 2.05) is 4.57 Å². The molecule has 0 unspecified atom stereocenters. The van der Waals surface area contributed by atoms with Gasteiger partial charge in [-0.05, 0) is 68.6 Å². The van der Waals surface area contributed by atoms with Crippen LogP contribution in [0.15, 0.2) is 9.59 Å². The van der Waals surface area contributed by atoms with Gasteiger partial charge in [-0.15, -0.1) is 0 Å². The number of fused-ring (bicyclic) bond motifs is 1. The van der Waals surface area contributed by atoms with Gasteiger partial charge in [0.1, 0.15) is 5.82 Å². The van der Waals surface area contributed by atoms with Crippen LogP contribution in [0.4, 0.5) is 0 Å². The van der Waals surface area contributed by atoms with Crippen molar-refractivity contribution in [3.05, 3.63) is 26.7 Å². The lowest BCUT2D eigenvalue weighted by Gasteiger charge is -2.56. The SMILES string of the molecule is CCCCn1c(=O)[nH]c(=O)c2c1nc(CCC(=O)NC13CC4CC(CC(C4)C1)C3)n2CC(C)C. The van der Waals surface area contributed by atoms with Gasteiger partial charge < -0.3 is 9.88 Å². The van der Waals surface area contributed by atoms with Gasteiger partial charge in [0.15, 0.2) is 11.2 Å². The minimum absolute atomic E-state index is 0.00167. The summed E-state index contributed by atoms with van der Waals surface area (Å²) in [5.41, 5.74) is 0.0819. The van der Waals surface area contributed by atoms with E-state index in [2.05, 4.69) is 31.1 Å². The van der Waals surface area contributed by atoms with Crippen molar-refractivity contribution in [1.82, 2.24) is 24.4 Å². The number of aromatic nitrogens is 4. The number of hydrogen-bond acceptors (Lipinski definition) is 4. The van der Waals surface area contributed by atoms with Gasteiger partial charge >= 0.3 is 5.69 Å². The lowest BCUT2D eigenvalue weighted by Crippen LogP contribution is -2.59. The number of hydrogen-bond donors (Lipinski definition) is 2. The molecular weight excluding hydrogens is 430 g/mol. The third-order valence-electron chi connectivity index (χ3n) is 8.27. The van der Waals surface area contributed by atoms with Crippen LogP contribution in [0, 0.1) is 23.7 Å². The van der Waals surface area contributed by atoms with Crippen molar-refractivity contribution in [3.8, 4) is 0 Å². The molecule has 4 aliphatic rings. The van der Waals surface area contributed by atoms with Crippen molar-refractivity contribution < 1.29 is 4.79 Å². The molecule has 1 amide bonds. The minimum Gasteiger partial charge on any atom is -0.351 e. The first kappa shape index (κ1) is 23.4. The number of carbonyl (C=O) groups excluding carboxylic acids is 1. The molecule has 6 rings (SSSR count). The van der Waals surface area contributed by atoms with Crippen LogP contribution in [-0.2, 0) is 24.3 Å². The molecule has 4 saturated carbocycles. The molecule has 2 heterocycles. The van der Waals surface area contributed by atoms with Crippen LogP contribution < -0.4 is 16.6 Å². The smallest absolute Gasteiger partial charge is 0.330 e. The van der Waals surface area contributed by atoms with Crippen molar-refractivity contribution in [2.24, 2.45) is 23.7 Å². The van der Waals surface area contributed by atoms with Crippen molar-refractivity contribution in [2.75, 3.05) is 0 Å². The molecule has 8 heteroatoms. The molecule has 0 saturated heterocycles. The first-order valence-corrected chi connectivity index (χ1v) is 13.3.